The first-order valence-electron chi connectivity index (χ1n) is 6.07. The zero-order valence-electron chi connectivity index (χ0n) is 10.9. The number of carbonyl (C=O) groups is 1. The van der Waals surface area contributed by atoms with Crippen LogP contribution in [0.15, 0.2) is 18.2 Å². The molecule has 1 aliphatic rings. The third kappa shape index (κ3) is 2.46. The van der Waals surface area contributed by atoms with Gasteiger partial charge in [-0.15, -0.1) is 3.89 Å². The fraction of sp³-hybridized carbons (Fsp3) is 0.333. The van der Waals surface area contributed by atoms with Crippen molar-refractivity contribution < 1.29 is 21.8 Å². The minimum Gasteiger partial charge on any atom is -0.494 e. The first-order valence-corrected chi connectivity index (χ1v) is 8.34. The molecular formula is C12H11FN2O4S2. The first kappa shape index (κ1) is 14.2. The molecule has 0 bridgehead atoms. The molecule has 21 heavy (non-hydrogen) atoms. The lowest BCUT2D eigenvalue weighted by Crippen LogP contribution is -2.26. The number of methoxy groups -OCH3 is 1. The highest BCUT2D eigenvalue weighted by molar-refractivity contribution is 7.87. The highest BCUT2D eigenvalue weighted by Crippen LogP contribution is 2.36. The van der Waals surface area contributed by atoms with E-state index in [0.717, 1.165) is 4.70 Å². The fourth-order valence-electron chi connectivity index (χ4n) is 2.24. The molecule has 1 aliphatic heterocycles. The molecular weight excluding hydrogens is 319 g/mol. The van der Waals surface area contributed by atoms with Crippen molar-refractivity contribution in [2.75, 3.05) is 18.6 Å². The minimum absolute atomic E-state index is 0.209. The van der Waals surface area contributed by atoms with Gasteiger partial charge >= 0.3 is 10.2 Å². The van der Waals surface area contributed by atoms with Crippen LogP contribution in [0.5, 0.6) is 5.75 Å². The summed E-state index contributed by atoms with van der Waals surface area (Å²) in [6.07, 6.45) is -0.355. The summed E-state index contributed by atoms with van der Waals surface area (Å²) in [5.41, 5.74) is 0.597. The van der Waals surface area contributed by atoms with Gasteiger partial charge in [-0.25, -0.2) is 4.98 Å². The van der Waals surface area contributed by atoms with Crippen molar-refractivity contribution >= 4 is 42.8 Å². The predicted octanol–water partition coefficient (Wildman–Crippen LogP) is 1.71. The lowest BCUT2D eigenvalue weighted by Gasteiger charge is -2.11. The Labute approximate surface area is 124 Å². The number of carbonyl (C=O) groups excluding carboxylic acids is 1. The number of aromatic nitrogens is 1. The third-order valence-corrected chi connectivity index (χ3v) is 5.46. The summed E-state index contributed by atoms with van der Waals surface area (Å²) in [7, 11) is -3.22. The molecule has 6 nitrogen and oxygen atoms in total. The van der Waals surface area contributed by atoms with Gasteiger partial charge in [-0.3, -0.25) is 9.69 Å². The van der Waals surface area contributed by atoms with Crippen LogP contribution in [0.1, 0.15) is 6.42 Å². The highest BCUT2D eigenvalue weighted by atomic mass is 32.3. The lowest BCUT2D eigenvalue weighted by atomic mass is 10.3. The number of halogens is 1. The van der Waals surface area contributed by atoms with Crippen molar-refractivity contribution in [3.8, 4) is 5.75 Å². The van der Waals surface area contributed by atoms with E-state index in [1.807, 2.05) is 6.07 Å². The maximum Gasteiger partial charge on any atom is 0.307 e. The average molecular weight is 330 g/mol. The molecule has 112 valence electrons. The number of anilines is 1. The van der Waals surface area contributed by atoms with E-state index in [1.165, 1.54) is 23.3 Å². The molecule has 1 aromatic heterocycles. The van der Waals surface area contributed by atoms with Gasteiger partial charge in [-0.1, -0.05) is 17.4 Å². The Morgan fingerprint density at radius 1 is 1.48 bits per heavy atom. The zero-order chi connectivity index (χ0) is 15.2. The second-order valence-corrected chi connectivity index (χ2v) is 7.24. The van der Waals surface area contributed by atoms with E-state index in [9.17, 15) is 17.1 Å². The molecule has 0 aliphatic carbocycles. The van der Waals surface area contributed by atoms with Crippen LogP contribution in [0, 0.1) is 0 Å². The van der Waals surface area contributed by atoms with Gasteiger partial charge in [0.15, 0.2) is 5.13 Å². The number of para-hydroxylation sites is 1. The maximum atomic E-state index is 13.0. The van der Waals surface area contributed by atoms with Crippen LogP contribution in [-0.4, -0.2) is 38.2 Å². The van der Waals surface area contributed by atoms with Crippen molar-refractivity contribution in [3.63, 3.8) is 0 Å². The van der Waals surface area contributed by atoms with E-state index in [1.54, 1.807) is 12.1 Å². The molecule has 0 N–H and O–H groups in total. The van der Waals surface area contributed by atoms with E-state index in [4.69, 9.17) is 4.74 Å². The largest absolute Gasteiger partial charge is 0.494 e. The number of benzene rings is 1. The molecule has 1 amide bonds. The van der Waals surface area contributed by atoms with E-state index in [-0.39, 0.29) is 13.0 Å². The molecule has 0 radical (unpaired) electrons. The van der Waals surface area contributed by atoms with Crippen LogP contribution in [0.4, 0.5) is 9.02 Å². The van der Waals surface area contributed by atoms with E-state index < -0.39 is 21.4 Å². The molecule has 1 saturated heterocycles. The van der Waals surface area contributed by atoms with Gasteiger partial charge in [0.2, 0.25) is 5.91 Å². The molecule has 0 saturated carbocycles. The second kappa shape index (κ2) is 4.92. The topological polar surface area (TPSA) is 76.6 Å². The van der Waals surface area contributed by atoms with Crippen LogP contribution in [-0.2, 0) is 15.0 Å². The molecule has 3 rings (SSSR count). The summed E-state index contributed by atoms with van der Waals surface area (Å²) < 4.78 is 40.9. The van der Waals surface area contributed by atoms with E-state index >= 15 is 0 Å². The third-order valence-electron chi connectivity index (χ3n) is 3.31. The Kier molecular flexibility index (Phi) is 3.33. The number of hydrogen-bond acceptors (Lipinski definition) is 6. The van der Waals surface area contributed by atoms with Crippen molar-refractivity contribution in [1.29, 1.82) is 0 Å². The molecule has 2 aromatic rings. The molecule has 1 unspecified atom stereocenters. The normalized spacial score (nSPS) is 19.4. The van der Waals surface area contributed by atoms with Crippen LogP contribution in [0.3, 0.4) is 0 Å². The van der Waals surface area contributed by atoms with E-state index in [2.05, 4.69) is 4.98 Å². The molecule has 0 spiro atoms. The van der Waals surface area contributed by atoms with Gasteiger partial charge in [0.05, 0.1) is 11.8 Å². The SMILES string of the molecule is COc1cccc2sc(N3CC(S(=O)(=O)F)CC3=O)nc12. The van der Waals surface area contributed by atoms with Gasteiger partial charge in [-0.2, -0.15) is 8.42 Å². The van der Waals surface area contributed by atoms with Gasteiger partial charge in [-0.05, 0) is 12.1 Å². The smallest absolute Gasteiger partial charge is 0.307 e. The van der Waals surface area contributed by atoms with Crippen LogP contribution in [0.2, 0.25) is 0 Å². The molecule has 1 fully saturated rings. The number of ether oxygens (including phenoxy) is 1. The summed E-state index contributed by atoms with van der Waals surface area (Å²) in [4.78, 5) is 17.4. The maximum absolute atomic E-state index is 13.0. The number of amides is 1. The van der Waals surface area contributed by atoms with Crippen molar-refractivity contribution in [3.05, 3.63) is 18.2 Å². The summed E-state index contributed by atoms with van der Waals surface area (Å²) >= 11 is 1.24. The molecule has 1 atom stereocenters. The summed E-state index contributed by atoms with van der Waals surface area (Å²) in [5, 5.41) is -0.968. The van der Waals surface area contributed by atoms with E-state index in [0.29, 0.717) is 16.4 Å². The quantitative estimate of drug-likeness (QED) is 0.801. The Bertz CT molecular complexity index is 818. The monoisotopic (exact) mass is 330 g/mol. The standard InChI is InChI=1S/C12H11FN2O4S2/c1-19-8-3-2-4-9-11(8)14-12(20-9)15-6-7(5-10(15)16)21(13,17)18/h2-4,7H,5-6H2,1H3. The van der Waals surface area contributed by atoms with Gasteiger partial charge in [0.25, 0.3) is 0 Å². The lowest BCUT2D eigenvalue weighted by molar-refractivity contribution is -0.117. The van der Waals surface area contributed by atoms with Crippen molar-refractivity contribution in [2.45, 2.75) is 11.7 Å². The number of rotatable bonds is 3. The van der Waals surface area contributed by atoms with Gasteiger partial charge in [0.1, 0.15) is 16.5 Å². The first-order chi connectivity index (χ1) is 9.90. The number of thiazole rings is 1. The Morgan fingerprint density at radius 2 is 2.24 bits per heavy atom. The summed E-state index contributed by atoms with van der Waals surface area (Å²) in [6.45, 7) is -0.209. The van der Waals surface area contributed by atoms with Crippen LogP contribution >= 0.6 is 11.3 Å². The van der Waals surface area contributed by atoms with Gasteiger partial charge in [0, 0.05) is 13.0 Å². The highest BCUT2D eigenvalue weighted by Gasteiger charge is 2.40. The number of nitrogens with zero attached hydrogens (tertiary/aromatic N) is 2. The van der Waals surface area contributed by atoms with Crippen molar-refractivity contribution in [2.24, 2.45) is 0 Å². The average Bonchev–Trinajstić information content (AvgIpc) is 3.00. The Hall–Kier alpha value is -1.74. The predicted molar refractivity (Wildman–Crippen MR) is 77.0 cm³/mol. The number of hydrogen-bond donors (Lipinski definition) is 0. The molecule has 9 heteroatoms. The fourth-order valence-corrected chi connectivity index (χ4v) is 3.92. The van der Waals surface area contributed by atoms with Gasteiger partial charge < -0.3 is 4.74 Å². The molecule has 2 heterocycles. The zero-order valence-corrected chi connectivity index (χ0v) is 12.6. The van der Waals surface area contributed by atoms with Crippen molar-refractivity contribution in [1.82, 2.24) is 4.98 Å². The Morgan fingerprint density at radius 3 is 2.86 bits per heavy atom. The van der Waals surface area contributed by atoms with Crippen LogP contribution in [0.25, 0.3) is 10.2 Å². The van der Waals surface area contributed by atoms with Crippen LogP contribution < -0.4 is 9.64 Å². The second-order valence-electron chi connectivity index (χ2n) is 4.61. The summed E-state index contributed by atoms with van der Waals surface area (Å²) in [6, 6.07) is 5.36. The molecule has 1 aromatic carbocycles. The Balaban J connectivity index is 2.00. The number of fused-ring (bicyclic) bond motifs is 1. The summed E-state index contributed by atoms with van der Waals surface area (Å²) in [5.74, 6) is 0.121. The minimum atomic E-state index is -4.73.